The standard InChI is InChI=1S/C14H19N5O4S2/c1-10-13(19(20)21)14(17(2)15-10)18-7-5-11(6-8-18)16-25(22,23)12-4-3-9-24-12/h3-4,9,11,16H,5-8H2,1-2H3. The molecule has 0 amide bonds. The summed E-state index contributed by atoms with van der Waals surface area (Å²) in [6.45, 7) is 2.67. The van der Waals surface area contributed by atoms with Gasteiger partial charge in [-0.25, -0.2) is 17.8 Å². The molecule has 0 aliphatic carbocycles. The van der Waals surface area contributed by atoms with Crippen molar-refractivity contribution in [2.75, 3.05) is 18.0 Å². The number of nitro groups is 1. The van der Waals surface area contributed by atoms with E-state index in [1.165, 1.54) is 16.0 Å². The highest BCUT2D eigenvalue weighted by Gasteiger charge is 2.32. The normalized spacial score (nSPS) is 16.3. The Hall–Kier alpha value is -1.98. The van der Waals surface area contributed by atoms with Gasteiger partial charge in [0, 0.05) is 26.2 Å². The predicted octanol–water partition coefficient (Wildman–Crippen LogP) is 1.65. The van der Waals surface area contributed by atoms with E-state index in [-0.39, 0.29) is 11.7 Å². The average molecular weight is 385 g/mol. The maximum Gasteiger partial charge on any atom is 0.333 e. The lowest BCUT2D eigenvalue weighted by Crippen LogP contribution is -2.45. The summed E-state index contributed by atoms with van der Waals surface area (Å²) in [7, 11) is -1.82. The van der Waals surface area contributed by atoms with E-state index in [2.05, 4.69) is 9.82 Å². The zero-order valence-electron chi connectivity index (χ0n) is 13.9. The van der Waals surface area contributed by atoms with E-state index in [0.717, 1.165) is 0 Å². The summed E-state index contributed by atoms with van der Waals surface area (Å²) in [5.74, 6) is 0.474. The average Bonchev–Trinajstić information content (AvgIpc) is 3.16. The van der Waals surface area contributed by atoms with Crippen molar-refractivity contribution in [3.8, 4) is 0 Å². The third kappa shape index (κ3) is 3.53. The SMILES string of the molecule is Cc1nn(C)c(N2CCC(NS(=O)(=O)c3cccs3)CC2)c1[N+](=O)[O-]. The summed E-state index contributed by atoms with van der Waals surface area (Å²) in [4.78, 5) is 12.8. The molecule has 3 rings (SSSR count). The van der Waals surface area contributed by atoms with Crippen molar-refractivity contribution in [1.29, 1.82) is 0 Å². The number of anilines is 1. The number of nitrogens with one attached hydrogen (secondary N) is 1. The van der Waals surface area contributed by atoms with Gasteiger partial charge < -0.3 is 4.90 Å². The summed E-state index contributed by atoms with van der Waals surface area (Å²) < 4.78 is 29.1. The van der Waals surface area contributed by atoms with Gasteiger partial charge in [-0.1, -0.05) is 6.07 Å². The quantitative estimate of drug-likeness (QED) is 0.619. The molecule has 11 heteroatoms. The van der Waals surface area contributed by atoms with Crippen molar-refractivity contribution in [3.63, 3.8) is 0 Å². The number of aryl methyl sites for hydroxylation is 2. The first-order valence-corrected chi connectivity index (χ1v) is 10.1. The Kier molecular flexibility index (Phi) is 4.80. The zero-order valence-corrected chi connectivity index (χ0v) is 15.5. The lowest BCUT2D eigenvalue weighted by Gasteiger charge is -2.32. The molecule has 3 heterocycles. The number of thiophene rings is 1. The van der Waals surface area contributed by atoms with Gasteiger partial charge in [-0.3, -0.25) is 10.1 Å². The van der Waals surface area contributed by atoms with Crippen LogP contribution in [0.15, 0.2) is 21.7 Å². The van der Waals surface area contributed by atoms with Crippen LogP contribution in [0.4, 0.5) is 11.5 Å². The Morgan fingerprint density at radius 1 is 1.40 bits per heavy atom. The molecule has 2 aromatic rings. The molecule has 0 spiro atoms. The van der Waals surface area contributed by atoms with Crippen LogP contribution in [0.5, 0.6) is 0 Å². The first-order valence-electron chi connectivity index (χ1n) is 7.78. The summed E-state index contributed by atoms with van der Waals surface area (Å²) in [5.41, 5.74) is 0.392. The Labute approximate surface area is 149 Å². The number of rotatable bonds is 5. The smallest absolute Gasteiger partial charge is 0.333 e. The second kappa shape index (κ2) is 6.73. The van der Waals surface area contributed by atoms with Gasteiger partial charge >= 0.3 is 5.69 Å². The predicted molar refractivity (Wildman–Crippen MR) is 94.5 cm³/mol. The van der Waals surface area contributed by atoms with Crippen LogP contribution in [0.25, 0.3) is 0 Å². The molecule has 25 heavy (non-hydrogen) atoms. The number of hydrogen-bond acceptors (Lipinski definition) is 7. The molecule has 0 radical (unpaired) electrons. The van der Waals surface area contributed by atoms with E-state index in [4.69, 9.17) is 0 Å². The molecule has 0 bridgehead atoms. The molecule has 1 fully saturated rings. The van der Waals surface area contributed by atoms with Gasteiger partial charge in [0.05, 0.1) is 4.92 Å². The molecular formula is C14H19N5O4S2. The summed E-state index contributed by atoms with van der Waals surface area (Å²) in [6, 6.07) is 3.09. The van der Waals surface area contributed by atoms with Crippen LogP contribution < -0.4 is 9.62 Å². The van der Waals surface area contributed by atoms with E-state index in [9.17, 15) is 18.5 Å². The van der Waals surface area contributed by atoms with Crippen molar-refractivity contribution < 1.29 is 13.3 Å². The van der Waals surface area contributed by atoms with Gasteiger partial charge in [0.25, 0.3) is 0 Å². The minimum atomic E-state index is -3.50. The first-order chi connectivity index (χ1) is 11.8. The van der Waals surface area contributed by atoms with Gasteiger partial charge in [0.15, 0.2) is 0 Å². The number of piperidine rings is 1. The molecule has 9 nitrogen and oxygen atoms in total. The fourth-order valence-electron chi connectivity index (χ4n) is 3.11. The Morgan fingerprint density at radius 3 is 2.64 bits per heavy atom. The molecule has 0 saturated carbocycles. The van der Waals surface area contributed by atoms with Crippen molar-refractivity contribution in [3.05, 3.63) is 33.3 Å². The number of hydrogen-bond donors (Lipinski definition) is 1. The third-order valence-corrected chi connectivity index (χ3v) is 7.14. The second-order valence-electron chi connectivity index (χ2n) is 5.95. The maximum atomic E-state index is 12.3. The summed E-state index contributed by atoms with van der Waals surface area (Å²) in [6.07, 6.45) is 1.15. The highest BCUT2D eigenvalue weighted by atomic mass is 32.2. The first kappa shape index (κ1) is 17.8. The van der Waals surface area contributed by atoms with Crippen molar-refractivity contribution in [1.82, 2.24) is 14.5 Å². The molecular weight excluding hydrogens is 366 g/mol. The summed E-state index contributed by atoms with van der Waals surface area (Å²) >= 11 is 1.18. The van der Waals surface area contributed by atoms with Crippen LogP contribution in [0.1, 0.15) is 18.5 Å². The molecule has 1 saturated heterocycles. The van der Waals surface area contributed by atoms with Crippen molar-refractivity contribution in [2.24, 2.45) is 7.05 Å². The Morgan fingerprint density at radius 2 is 2.08 bits per heavy atom. The van der Waals surface area contributed by atoms with E-state index in [1.54, 1.807) is 31.5 Å². The van der Waals surface area contributed by atoms with Gasteiger partial charge in [0.2, 0.25) is 15.8 Å². The van der Waals surface area contributed by atoms with E-state index in [1.807, 2.05) is 4.90 Å². The van der Waals surface area contributed by atoms with Gasteiger partial charge in [-0.2, -0.15) is 5.10 Å². The van der Waals surface area contributed by atoms with E-state index < -0.39 is 14.9 Å². The largest absolute Gasteiger partial charge is 0.351 e. The maximum absolute atomic E-state index is 12.3. The third-order valence-electron chi connectivity index (χ3n) is 4.22. The second-order valence-corrected chi connectivity index (χ2v) is 8.84. The lowest BCUT2D eigenvalue weighted by atomic mass is 10.1. The number of sulfonamides is 1. The molecule has 0 unspecified atom stereocenters. The van der Waals surface area contributed by atoms with Crippen molar-refractivity contribution >= 4 is 32.9 Å². The molecule has 2 aromatic heterocycles. The fourth-order valence-corrected chi connectivity index (χ4v) is 5.42. The van der Waals surface area contributed by atoms with Gasteiger partial charge in [-0.05, 0) is 31.2 Å². The van der Waals surface area contributed by atoms with Crippen LogP contribution in [0.3, 0.4) is 0 Å². The fraction of sp³-hybridized carbons (Fsp3) is 0.500. The van der Waals surface area contributed by atoms with Crippen LogP contribution in [0.2, 0.25) is 0 Å². The molecule has 1 aliphatic rings. The van der Waals surface area contributed by atoms with E-state index >= 15 is 0 Å². The molecule has 1 N–H and O–H groups in total. The molecule has 0 aromatic carbocycles. The van der Waals surface area contributed by atoms with E-state index in [0.29, 0.717) is 41.7 Å². The summed E-state index contributed by atoms with van der Waals surface area (Å²) in [5, 5.41) is 17.2. The number of nitrogens with zero attached hydrogens (tertiary/aromatic N) is 4. The zero-order chi connectivity index (χ0) is 18.2. The Bertz CT molecular complexity index is 867. The number of aromatic nitrogens is 2. The highest BCUT2D eigenvalue weighted by Crippen LogP contribution is 2.32. The van der Waals surface area contributed by atoms with Crippen LogP contribution >= 0.6 is 11.3 Å². The van der Waals surface area contributed by atoms with Crippen LogP contribution in [-0.2, 0) is 17.1 Å². The lowest BCUT2D eigenvalue weighted by molar-refractivity contribution is -0.384. The van der Waals surface area contributed by atoms with Gasteiger partial charge in [-0.15, -0.1) is 11.3 Å². The molecule has 136 valence electrons. The topological polar surface area (TPSA) is 110 Å². The van der Waals surface area contributed by atoms with Crippen molar-refractivity contribution in [2.45, 2.75) is 30.0 Å². The minimum absolute atomic E-state index is 0.0140. The van der Waals surface area contributed by atoms with Crippen LogP contribution in [-0.4, -0.2) is 42.3 Å². The van der Waals surface area contributed by atoms with Gasteiger partial charge in [0.1, 0.15) is 9.90 Å². The highest BCUT2D eigenvalue weighted by molar-refractivity contribution is 7.91. The molecule has 0 atom stereocenters. The molecule has 1 aliphatic heterocycles. The van der Waals surface area contributed by atoms with Crippen LogP contribution in [0, 0.1) is 17.0 Å². The minimum Gasteiger partial charge on any atom is -0.351 e. The monoisotopic (exact) mass is 385 g/mol. The Balaban J connectivity index is 1.70.